The van der Waals surface area contributed by atoms with E-state index >= 15 is 0 Å². The molecular formula is H4BaCaOW. The Labute approximate surface area is 107 Å². The molecule has 0 aliphatic rings. The van der Waals surface area contributed by atoms with E-state index in [9.17, 15) is 0 Å². The van der Waals surface area contributed by atoms with Crippen molar-refractivity contribution >= 4 is 86.6 Å². The van der Waals surface area contributed by atoms with Crippen LogP contribution in [-0.2, 0) is 23.2 Å². The van der Waals surface area contributed by atoms with Crippen LogP contribution in [0.1, 0.15) is 0 Å². The summed E-state index contributed by atoms with van der Waals surface area (Å²) in [5.74, 6) is 0. The molecule has 0 heterocycles. The summed E-state index contributed by atoms with van der Waals surface area (Å²) in [6.45, 7) is 0. The molecule has 0 N–H and O–H groups in total. The molecule has 0 aliphatic heterocycles. The monoisotopic (exact) mass is 382 g/mol. The Morgan fingerprint density at radius 2 is 1.25 bits per heavy atom. The summed E-state index contributed by atoms with van der Waals surface area (Å²) in [7, 11) is 0. The van der Waals surface area contributed by atoms with E-state index in [4.69, 9.17) is 3.40 Å². The predicted molar refractivity (Wildman–Crippen MR) is 17.8 cm³/mol. The van der Waals surface area contributed by atoms with Gasteiger partial charge in [-0.15, -0.1) is 0 Å². The number of hydrogen-bond donors (Lipinski definition) is 0. The van der Waals surface area contributed by atoms with E-state index in [0.29, 0.717) is 19.8 Å². The van der Waals surface area contributed by atoms with Crippen molar-refractivity contribution in [3.8, 4) is 0 Å². The van der Waals surface area contributed by atoms with E-state index in [1.54, 1.807) is 0 Å². The van der Waals surface area contributed by atoms with Crippen molar-refractivity contribution in [2.24, 2.45) is 0 Å². The van der Waals surface area contributed by atoms with Gasteiger partial charge in [-0.1, -0.05) is 0 Å². The first-order valence-corrected chi connectivity index (χ1v) is 1.36. The van der Waals surface area contributed by atoms with Crippen molar-refractivity contribution in [3.05, 3.63) is 0 Å². The van der Waals surface area contributed by atoms with Crippen LogP contribution in [0.5, 0.6) is 0 Å². The Morgan fingerprint density at radius 3 is 1.25 bits per heavy atom. The van der Waals surface area contributed by atoms with Crippen molar-refractivity contribution < 1.29 is 23.2 Å². The average molecular weight is 381 g/mol. The summed E-state index contributed by atoms with van der Waals surface area (Å²) < 4.78 is 8.33. The Morgan fingerprint density at radius 1 is 1.25 bits per heavy atom. The Balaban J connectivity index is -0.00000000500. The van der Waals surface area contributed by atoms with Gasteiger partial charge in [-0.3, -0.25) is 0 Å². The van der Waals surface area contributed by atoms with Crippen LogP contribution < -0.4 is 0 Å². The first-order valence-electron chi connectivity index (χ1n) is 0.167. The van der Waals surface area contributed by atoms with E-state index in [0.717, 1.165) is 0 Å². The van der Waals surface area contributed by atoms with Crippen molar-refractivity contribution in [1.29, 1.82) is 0 Å². The molecule has 4 heteroatoms. The summed E-state index contributed by atoms with van der Waals surface area (Å²) in [6.07, 6.45) is 0. The van der Waals surface area contributed by atoms with Crippen LogP contribution in [0, 0.1) is 0 Å². The third kappa shape index (κ3) is 9.01. The van der Waals surface area contributed by atoms with E-state index in [-0.39, 0.29) is 86.6 Å². The van der Waals surface area contributed by atoms with Crippen LogP contribution in [0.15, 0.2) is 0 Å². The molecule has 0 aromatic carbocycles. The van der Waals surface area contributed by atoms with Gasteiger partial charge >= 0.3 is 110 Å². The van der Waals surface area contributed by atoms with Crippen molar-refractivity contribution in [1.82, 2.24) is 0 Å². The number of rotatable bonds is 0. The van der Waals surface area contributed by atoms with Crippen LogP contribution in [0.3, 0.4) is 0 Å². The zero-order valence-electron chi connectivity index (χ0n) is 0.816. The fourth-order valence-electron chi connectivity index (χ4n) is 0. The molecule has 0 saturated heterocycles. The SMILES string of the molecule is [BaH2].[CaH2].[O]=[W]. The maximum absolute atomic E-state index is 8.33. The molecule has 0 atom stereocenters. The topological polar surface area (TPSA) is 17.1 Å². The fraction of sp³-hybridized carbons (Fsp3) is 0. The minimum absolute atomic E-state index is 0. The van der Waals surface area contributed by atoms with Gasteiger partial charge in [0.2, 0.25) is 0 Å². The van der Waals surface area contributed by atoms with E-state index in [2.05, 4.69) is 0 Å². The first kappa shape index (κ1) is 15.7. The van der Waals surface area contributed by atoms with Crippen molar-refractivity contribution in [2.75, 3.05) is 0 Å². The van der Waals surface area contributed by atoms with Crippen LogP contribution in [0.4, 0.5) is 0 Å². The summed E-state index contributed by atoms with van der Waals surface area (Å²) in [5.41, 5.74) is 0. The van der Waals surface area contributed by atoms with Gasteiger partial charge in [0.1, 0.15) is 0 Å². The molecule has 0 spiro atoms. The molecular weight excluding hydrogens is 377 g/mol. The number of hydrogen-bond acceptors (Lipinski definition) is 1. The predicted octanol–water partition coefficient (Wildman–Crippen LogP) is -1.95. The van der Waals surface area contributed by atoms with Gasteiger partial charge in [0.15, 0.2) is 0 Å². The molecule has 0 saturated carbocycles. The molecule has 0 rings (SSSR count). The molecule has 4 heavy (non-hydrogen) atoms. The Bertz CT molecular complexity index is 8.00. The summed E-state index contributed by atoms with van der Waals surface area (Å²) in [4.78, 5) is 0. The molecule has 0 fully saturated rings. The first-order chi connectivity index (χ1) is 1.00. The zero-order chi connectivity index (χ0) is 2.00. The Kier molecular flexibility index (Phi) is 63.6. The molecule has 0 unspecified atom stereocenters. The van der Waals surface area contributed by atoms with E-state index in [1.807, 2.05) is 0 Å². The van der Waals surface area contributed by atoms with Crippen LogP contribution in [0.2, 0.25) is 0 Å². The van der Waals surface area contributed by atoms with Gasteiger partial charge in [0.05, 0.1) is 0 Å². The maximum atomic E-state index is 8.33. The fourth-order valence-corrected chi connectivity index (χ4v) is 0. The third-order valence-electron chi connectivity index (χ3n) is 0. The standard InChI is InChI=1S/Ba.Ca.O.W.4H. The van der Waals surface area contributed by atoms with Crippen LogP contribution >= 0.6 is 0 Å². The molecule has 0 aromatic heterocycles. The van der Waals surface area contributed by atoms with Gasteiger partial charge in [0, 0.05) is 0 Å². The second kappa shape index (κ2) is 16.2. The molecule has 0 aliphatic carbocycles. The molecule has 0 aromatic rings. The van der Waals surface area contributed by atoms with Gasteiger partial charge < -0.3 is 0 Å². The third-order valence-corrected chi connectivity index (χ3v) is 0. The summed E-state index contributed by atoms with van der Waals surface area (Å²) in [6, 6.07) is 0. The molecule has 20 valence electrons. The molecule has 1 nitrogen and oxygen atoms in total. The van der Waals surface area contributed by atoms with Gasteiger partial charge in [-0.25, -0.2) is 0 Å². The zero-order valence-corrected chi connectivity index (χ0v) is 3.75. The van der Waals surface area contributed by atoms with Crippen molar-refractivity contribution in [2.45, 2.75) is 0 Å². The van der Waals surface area contributed by atoms with Crippen molar-refractivity contribution in [3.63, 3.8) is 0 Å². The molecule has 0 radical (unpaired) electrons. The minimum atomic E-state index is 0. The average Bonchev–Trinajstić information content (AvgIpc) is 1.00. The second-order valence-corrected chi connectivity index (χ2v) is 0. The van der Waals surface area contributed by atoms with Gasteiger partial charge in [-0.2, -0.15) is 0 Å². The molecule has 0 bridgehead atoms. The summed E-state index contributed by atoms with van der Waals surface area (Å²) in [5, 5.41) is 0. The van der Waals surface area contributed by atoms with E-state index < -0.39 is 0 Å². The molecule has 0 amide bonds. The van der Waals surface area contributed by atoms with E-state index in [1.165, 1.54) is 0 Å². The normalized spacial score (nSPS) is 1.00. The van der Waals surface area contributed by atoms with Crippen LogP contribution in [-0.4, -0.2) is 86.6 Å². The summed E-state index contributed by atoms with van der Waals surface area (Å²) >= 11 is 0.333. The quantitative estimate of drug-likeness (QED) is 0.446. The second-order valence-electron chi connectivity index (χ2n) is 0. The van der Waals surface area contributed by atoms with Gasteiger partial charge in [0.25, 0.3) is 0 Å². The van der Waals surface area contributed by atoms with Gasteiger partial charge in [-0.05, 0) is 0 Å². The van der Waals surface area contributed by atoms with Crippen LogP contribution in [0.25, 0.3) is 0 Å². The Hall–Kier alpha value is 3.32.